The summed E-state index contributed by atoms with van der Waals surface area (Å²) in [6.07, 6.45) is 0.803. The number of nitrogens with zero attached hydrogens (tertiary/aromatic N) is 3. The molecule has 0 saturated carbocycles. The molecule has 2 aromatic heterocycles. The zero-order valence-corrected chi connectivity index (χ0v) is 13.6. The maximum atomic E-state index is 6.03. The van der Waals surface area contributed by atoms with E-state index in [-0.39, 0.29) is 0 Å². The minimum absolute atomic E-state index is 0.745. The highest BCUT2D eigenvalue weighted by Gasteiger charge is 2.20. The van der Waals surface area contributed by atoms with Crippen LogP contribution in [0.2, 0.25) is 0 Å². The van der Waals surface area contributed by atoms with Crippen LogP contribution in [0.15, 0.2) is 28.7 Å². The molecule has 0 aliphatic carbocycles. The van der Waals surface area contributed by atoms with E-state index in [9.17, 15) is 0 Å². The molecule has 120 valence electrons. The Morgan fingerprint density at radius 2 is 2.00 bits per heavy atom. The molecule has 1 aromatic carbocycles. The van der Waals surface area contributed by atoms with Crippen molar-refractivity contribution in [3.63, 3.8) is 0 Å². The number of likely N-dealkylation sites (N-methyl/N-ethyl adjacent to an activating group) is 1. The summed E-state index contributed by atoms with van der Waals surface area (Å²) in [6, 6.07) is 8.03. The summed E-state index contributed by atoms with van der Waals surface area (Å²) in [5, 5.41) is 3.27. The largest absolute Gasteiger partial charge is 0.450 e. The maximum Gasteiger partial charge on any atom is 0.197 e. The van der Waals surface area contributed by atoms with Gasteiger partial charge in [0.2, 0.25) is 0 Å². The van der Waals surface area contributed by atoms with Gasteiger partial charge in [-0.3, -0.25) is 5.43 Å². The van der Waals surface area contributed by atoms with Gasteiger partial charge in [-0.25, -0.2) is 15.0 Å². The highest BCUT2D eigenvalue weighted by Crippen LogP contribution is 2.31. The van der Waals surface area contributed by atoms with Crippen LogP contribution in [0.3, 0.4) is 0 Å². The first kappa shape index (κ1) is 14.4. The van der Waals surface area contributed by atoms with Crippen LogP contribution in [0.1, 0.15) is 12.7 Å². The number of piperazine rings is 1. The van der Waals surface area contributed by atoms with Crippen molar-refractivity contribution < 1.29 is 9.32 Å². The van der Waals surface area contributed by atoms with Gasteiger partial charge in [-0.2, -0.15) is 0 Å². The zero-order chi connectivity index (χ0) is 15.8. The Bertz CT molecular complexity index is 835. The predicted octanol–water partition coefficient (Wildman–Crippen LogP) is 1.10. The number of hydrogen-bond acceptors (Lipinski definition) is 5. The fourth-order valence-corrected chi connectivity index (χ4v) is 3.02. The van der Waals surface area contributed by atoms with Crippen LogP contribution in [0, 0.1) is 0 Å². The molecule has 2 N–H and O–H groups in total. The Kier molecular flexibility index (Phi) is 3.63. The number of fused-ring (bicyclic) bond motifs is 3. The average molecular weight is 312 g/mol. The molecule has 0 radical (unpaired) electrons. The first-order valence-electron chi connectivity index (χ1n) is 8.25. The second-order valence-electron chi connectivity index (χ2n) is 6.17. The zero-order valence-electron chi connectivity index (χ0n) is 13.6. The molecule has 0 bridgehead atoms. The summed E-state index contributed by atoms with van der Waals surface area (Å²) in [4.78, 5) is 10.9. The van der Waals surface area contributed by atoms with Crippen molar-refractivity contribution in [2.45, 2.75) is 13.3 Å². The number of hydrogen-bond donors (Lipinski definition) is 2. The summed E-state index contributed by atoms with van der Waals surface area (Å²) < 4.78 is 6.03. The molecule has 1 aliphatic rings. The Labute approximate surface area is 135 Å². The van der Waals surface area contributed by atoms with Gasteiger partial charge in [0.25, 0.3) is 0 Å². The summed E-state index contributed by atoms with van der Waals surface area (Å²) in [6.45, 7) is 6.33. The second kappa shape index (κ2) is 5.79. The topological polar surface area (TPSA) is 58.6 Å². The van der Waals surface area contributed by atoms with E-state index in [1.54, 1.807) is 4.90 Å². The van der Waals surface area contributed by atoms with E-state index < -0.39 is 0 Å². The highest BCUT2D eigenvalue weighted by molar-refractivity contribution is 6.05. The third-order valence-corrected chi connectivity index (χ3v) is 4.46. The van der Waals surface area contributed by atoms with Crippen molar-refractivity contribution in [2.24, 2.45) is 0 Å². The molecule has 1 saturated heterocycles. The molecule has 23 heavy (non-hydrogen) atoms. The van der Waals surface area contributed by atoms with Crippen LogP contribution in [0.25, 0.3) is 22.1 Å². The molecular weight excluding hydrogens is 290 g/mol. The third kappa shape index (κ3) is 2.64. The average Bonchev–Trinajstić information content (AvgIpc) is 2.96. The Balaban J connectivity index is 1.78. The number of para-hydroxylation sites is 1. The molecule has 0 spiro atoms. The van der Waals surface area contributed by atoms with Crippen LogP contribution >= 0.6 is 0 Å². The number of nitrogens with one attached hydrogen (secondary N) is 2. The Hall–Kier alpha value is -2.18. The van der Waals surface area contributed by atoms with E-state index in [4.69, 9.17) is 4.42 Å². The van der Waals surface area contributed by atoms with E-state index in [1.807, 2.05) is 18.2 Å². The van der Waals surface area contributed by atoms with E-state index in [2.05, 4.69) is 40.4 Å². The van der Waals surface area contributed by atoms with Crippen molar-refractivity contribution in [1.29, 1.82) is 0 Å². The summed E-state index contributed by atoms with van der Waals surface area (Å²) in [7, 11) is 2.23. The van der Waals surface area contributed by atoms with E-state index in [0.29, 0.717) is 0 Å². The van der Waals surface area contributed by atoms with Crippen LogP contribution < -0.4 is 10.3 Å². The normalized spacial score (nSPS) is 17.1. The summed E-state index contributed by atoms with van der Waals surface area (Å²) in [5.74, 6) is 1.62. The van der Waals surface area contributed by atoms with Gasteiger partial charge in [-0.1, -0.05) is 19.1 Å². The fourth-order valence-electron chi connectivity index (χ4n) is 3.02. The van der Waals surface area contributed by atoms with Crippen molar-refractivity contribution in [1.82, 2.24) is 15.0 Å². The van der Waals surface area contributed by atoms with Crippen molar-refractivity contribution in [3.05, 3.63) is 30.1 Å². The van der Waals surface area contributed by atoms with Crippen LogP contribution in [0.5, 0.6) is 0 Å². The lowest BCUT2D eigenvalue weighted by Crippen LogP contribution is -3.12. The number of benzene rings is 1. The van der Waals surface area contributed by atoms with Crippen LogP contribution in [-0.2, 0) is 6.42 Å². The molecule has 0 unspecified atom stereocenters. The molecule has 6 nitrogen and oxygen atoms in total. The SMILES string of the molecule is CCc1nc(NN2CC[NH+](C)CC2)c2oc3ccccc3c2n1. The lowest BCUT2D eigenvalue weighted by Gasteiger charge is -2.30. The van der Waals surface area contributed by atoms with Gasteiger partial charge in [0.15, 0.2) is 11.4 Å². The summed E-state index contributed by atoms with van der Waals surface area (Å²) in [5.41, 5.74) is 5.96. The number of aryl methyl sites for hydroxylation is 1. The van der Waals surface area contributed by atoms with Gasteiger partial charge in [0.05, 0.1) is 33.2 Å². The first-order chi connectivity index (χ1) is 11.2. The Morgan fingerprint density at radius 1 is 1.22 bits per heavy atom. The van der Waals surface area contributed by atoms with Crippen molar-refractivity contribution in [2.75, 3.05) is 38.7 Å². The predicted molar refractivity (Wildman–Crippen MR) is 90.5 cm³/mol. The highest BCUT2D eigenvalue weighted by atomic mass is 16.3. The lowest BCUT2D eigenvalue weighted by atomic mass is 10.2. The first-order valence-corrected chi connectivity index (χ1v) is 8.25. The number of anilines is 1. The van der Waals surface area contributed by atoms with Crippen LogP contribution in [-0.4, -0.2) is 48.2 Å². The number of furan rings is 1. The van der Waals surface area contributed by atoms with E-state index in [0.717, 1.165) is 66.3 Å². The number of rotatable bonds is 3. The third-order valence-electron chi connectivity index (χ3n) is 4.46. The molecule has 4 rings (SSSR count). The van der Waals surface area contributed by atoms with Crippen molar-refractivity contribution >= 4 is 27.9 Å². The quantitative estimate of drug-likeness (QED) is 0.758. The molecule has 3 aromatic rings. The summed E-state index contributed by atoms with van der Waals surface area (Å²) >= 11 is 0. The molecule has 0 amide bonds. The standard InChI is InChI=1S/C17H21N5O/c1-3-14-18-15-12-6-4-5-7-13(12)23-16(15)17(19-14)20-22-10-8-21(2)9-11-22/h4-7H,3,8-11H2,1-2H3,(H,18,19,20)/p+1. The molecule has 0 atom stereocenters. The van der Waals surface area contributed by atoms with E-state index >= 15 is 0 Å². The molecule has 3 heterocycles. The van der Waals surface area contributed by atoms with Crippen LogP contribution in [0.4, 0.5) is 5.82 Å². The molecule has 6 heteroatoms. The van der Waals surface area contributed by atoms with E-state index in [1.165, 1.54) is 0 Å². The molecule has 1 aliphatic heterocycles. The number of aromatic nitrogens is 2. The van der Waals surface area contributed by atoms with Gasteiger partial charge in [-0.05, 0) is 12.1 Å². The maximum absolute atomic E-state index is 6.03. The van der Waals surface area contributed by atoms with Gasteiger partial charge >= 0.3 is 0 Å². The fraction of sp³-hybridized carbons (Fsp3) is 0.412. The monoisotopic (exact) mass is 312 g/mol. The Morgan fingerprint density at radius 3 is 2.78 bits per heavy atom. The molecular formula is C17H22N5O+. The minimum atomic E-state index is 0.745. The van der Waals surface area contributed by atoms with Crippen molar-refractivity contribution in [3.8, 4) is 0 Å². The number of hydrazine groups is 1. The van der Waals surface area contributed by atoms with Gasteiger partial charge in [0, 0.05) is 11.8 Å². The van der Waals surface area contributed by atoms with Gasteiger partial charge in [0.1, 0.15) is 16.9 Å². The minimum Gasteiger partial charge on any atom is -0.450 e. The van der Waals surface area contributed by atoms with Gasteiger partial charge < -0.3 is 9.32 Å². The number of quaternary nitrogens is 1. The molecule has 1 fully saturated rings. The lowest BCUT2D eigenvalue weighted by molar-refractivity contribution is -0.884. The second-order valence-corrected chi connectivity index (χ2v) is 6.17. The smallest absolute Gasteiger partial charge is 0.197 e. The van der Waals surface area contributed by atoms with Gasteiger partial charge in [-0.15, -0.1) is 0 Å².